The molecule has 0 spiro atoms. The second-order valence-electron chi connectivity index (χ2n) is 3.20. The molecular formula is C10H12O2. The van der Waals surface area contributed by atoms with Crippen LogP contribution < -0.4 is 0 Å². The zero-order valence-corrected chi connectivity index (χ0v) is 7.33. The van der Waals surface area contributed by atoms with Gasteiger partial charge in [-0.05, 0) is 17.6 Å². The normalized spacial score (nSPS) is 18.1. The molecule has 0 aliphatic heterocycles. The molecule has 0 aromatic heterocycles. The summed E-state index contributed by atoms with van der Waals surface area (Å²) in [5.74, 6) is 0.0555. The molecule has 2 nitrogen and oxygen atoms in total. The van der Waals surface area contributed by atoms with Gasteiger partial charge >= 0.3 is 0 Å². The van der Waals surface area contributed by atoms with Crippen molar-refractivity contribution >= 4 is 11.6 Å². The average molecular weight is 164 g/mol. The van der Waals surface area contributed by atoms with Crippen LogP contribution in [-0.2, 0) is 9.59 Å². The van der Waals surface area contributed by atoms with Gasteiger partial charge in [-0.15, -0.1) is 0 Å². The van der Waals surface area contributed by atoms with Gasteiger partial charge in [-0.25, -0.2) is 0 Å². The summed E-state index contributed by atoms with van der Waals surface area (Å²) in [6.07, 6.45) is 4.87. The first-order chi connectivity index (χ1) is 5.61. The maximum atomic E-state index is 11.3. The minimum absolute atomic E-state index is 0.0283. The lowest BCUT2D eigenvalue weighted by atomic mass is 9.97. The van der Waals surface area contributed by atoms with Gasteiger partial charge < -0.3 is 0 Å². The molecular weight excluding hydrogens is 152 g/mol. The number of carbonyl (C=O) groups is 2. The topological polar surface area (TPSA) is 34.1 Å². The summed E-state index contributed by atoms with van der Waals surface area (Å²) in [4.78, 5) is 22.3. The Bertz CT molecular complexity index is 270. The highest BCUT2D eigenvalue weighted by Gasteiger charge is 2.16. The van der Waals surface area contributed by atoms with Crippen molar-refractivity contribution in [2.45, 2.75) is 20.3 Å². The van der Waals surface area contributed by atoms with E-state index in [-0.39, 0.29) is 23.9 Å². The lowest BCUT2D eigenvalue weighted by molar-refractivity contribution is -0.122. The van der Waals surface area contributed by atoms with Gasteiger partial charge in [0, 0.05) is 0 Å². The number of rotatable bonds is 1. The maximum Gasteiger partial charge on any atom is 0.166 e. The SMILES string of the molecule is CC(C)C1=CC=CC(=O)CC1=O. The van der Waals surface area contributed by atoms with Gasteiger partial charge in [0.25, 0.3) is 0 Å². The summed E-state index contributed by atoms with van der Waals surface area (Å²) in [6.45, 7) is 3.90. The quantitative estimate of drug-likeness (QED) is 0.552. The maximum absolute atomic E-state index is 11.3. The van der Waals surface area contributed by atoms with Crippen LogP contribution in [0.4, 0.5) is 0 Å². The molecule has 0 N–H and O–H groups in total. The Kier molecular flexibility index (Phi) is 2.58. The molecule has 0 atom stereocenters. The van der Waals surface area contributed by atoms with Crippen LogP contribution in [0.5, 0.6) is 0 Å². The van der Waals surface area contributed by atoms with Crippen LogP contribution in [0, 0.1) is 5.92 Å². The first kappa shape index (κ1) is 8.91. The molecule has 0 saturated carbocycles. The van der Waals surface area contributed by atoms with E-state index >= 15 is 0 Å². The summed E-state index contributed by atoms with van der Waals surface area (Å²) < 4.78 is 0. The summed E-state index contributed by atoms with van der Waals surface area (Å²) in [7, 11) is 0. The predicted octanol–water partition coefficient (Wildman–Crippen LogP) is 1.67. The van der Waals surface area contributed by atoms with E-state index in [1.54, 1.807) is 12.2 Å². The van der Waals surface area contributed by atoms with Crippen molar-refractivity contribution in [2.75, 3.05) is 0 Å². The van der Waals surface area contributed by atoms with Gasteiger partial charge in [0.1, 0.15) is 0 Å². The molecule has 12 heavy (non-hydrogen) atoms. The van der Waals surface area contributed by atoms with Crippen LogP contribution in [0.2, 0.25) is 0 Å². The first-order valence-corrected chi connectivity index (χ1v) is 4.05. The standard InChI is InChI=1S/C10H12O2/c1-7(2)9-5-3-4-8(11)6-10(9)12/h3-5,7H,6H2,1-2H3. The van der Waals surface area contributed by atoms with Crippen molar-refractivity contribution in [3.63, 3.8) is 0 Å². The summed E-state index contributed by atoms with van der Waals surface area (Å²) in [5.41, 5.74) is 0.747. The van der Waals surface area contributed by atoms with Crippen molar-refractivity contribution < 1.29 is 9.59 Å². The van der Waals surface area contributed by atoms with E-state index in [0.717, 1.165) is 5.57 Å². The van der Waals surface area contributed by atoms with Crippen LogP contribution in [0.3, 0.4) is 0 Å². The number of hydrogen-bond donors (Lipinski definition) is 0. The van der Waals surface area contributed by atoms with Crippen LogP contribution >= 0.6 is 0 Å². The third kappa shape index (κ3) is 1.91. The Hall–Kier alpha value is -1.18. The molecule has 0 heterocycles. The van der Waals surface area contributed by atoms with Crippen molar-refractivity contribution in [1.82, 2.24) is 0 Å². The van der Waals surface area contributed by atoms with E-state index in [0.29, 0.717) is 0 Å². The molecule has 0 aromatic carbocycles. The Morgan fingerprint density at radius 3 is 2.58 bits per heavy atom. The van der Waals surface area contributed by atoms with Gasteiger partial charge in [0.15, 0.2) is 11.6 Å². The Morgan fingerprint density at radius 1 is 1.33 bits per heavy atom. The summed E-state index contributed by atoms with van der Waals surface area (Å²) in [6, 6.07) is 0. The number of carbonyl (C=O) groups excluding carboxylic acids is 2. The van der Waals surface area contributed by atoms with Gasteiger partial charge in [0.05, 0.1) is 6.42 Å². The highest BCUT2D eigenvalue weighted by atomic mass is 16.1. The summed E-state index contributed by atoms with van der Waals surface area (Å²) >= 11 is 0. The molecule has 0 bridgehead atoms. The highest BCUT2D eigenvalue weighted by molar-refractivity contribution is 6.12. The first-order valence-electron chi connectivity index (χ1n) is 4.05. The molecule has 0 radical (unpaired) electrons. The van der Waals surface area contributed by atoms with Gasteiger partial charge in [-0.3, -0.25) is 9.59 Å². The van der Waals surface area contributed by atoms with Crippen LogP contribution in [0.15, 0.2) is 23.8 Å². The molecule has 0 unspecified atom stereocenters. The molecule has 0 amide bonds. The van der Waals surface area contributed by atoms with Crippen molar-refractivity contribution in [1.29, 1.82) is 0 Å². The van der Waals surface area contributed by atoms with E-state index in [4.69, 9.17) is 0 Å². The van der Waals surface area contributed by atoms with Crippen molar-refractivity contribution in [3.05, 3.63) is 23.8 Å². The molecule has 1 aliphatic carbocycles. The zero-order chi connectivity index (χ0) is 9.14. The van der Waals surface area contributed by atoms with E-state index in [1.807, 2.05) is 13.8 Å². The number of allylic oxidation sites excluding steroid dienone is 4. The minimum Gasteiger partial charge on any atom is -0.294 e. The lowest BCUT2D eigenvalue weighted by Gasteiger charge is -2.06. The molecule has 64 valence electrons. The largest absolute Gasteiger partial charge is 0.294 e. The highest BCUT2D eigenvalue weighted by Crippen LogP contribution is 2.15. The minimum atomic E-state index is -0.105. The van der Waals surface area contributed by atoms with Gasteiger partial charge in [-0.2, -0.15) is 0 Å². The smallest absolute Gasteiger partial charge is 0.166 e. The molecule has 0 saturated heterocycles. The molecule has 2 heteroatoms. The van der Waals surface area contributed by atoms with Crippen LogP contribution in [0.1, 0.15) is 20.3 Å². The fourth-order valence-corrected chi connectivity index (χ4v) is 1.19. The van der Waals surface area contributed by atoms with E-state index in [9.17, 15) is 9.59 Å². The molecule has 1 aliphatic rings. The van der Waals surface area contributed by atoms with Gasteiger partial charge in [-0.1, -0.05) is 26.0 Å². The monoisotopic (exact) mass is 164 g/mol. The second-order valence-corrected chi connectivity index (χ2v) is 3.20. The summed E-state index contributed by atoms with van der Waals surface area (Å²) in [5, 5.41) is 0. The molecule has 0 aromatic rings. The average Bonchev–Trinajstić information content (AvgIpc) is 2.10. The van der Waals surface area contributed by atoms with E-state index in [1.165, 1.54) is 6.08 Å². The molecule has 0 fully saturated rings. The van der Waals surface area contributed by atoms with E-state index < -0.39 is 0 Å². The molecule has 1 rings (SSSR count). The number of Topliss-reactive ketones (excluding diaryl/α,β-unsaturated/α-hetero) is 1. The number of ketones is 2. The van der Waals surface area contributed by atoms with Crippen LogP contribution in [-0.4, -0.2) is 11.6 Å². The number of hydrogen-bond acceptors (Lipinski definition) is 2. The van der Waals surface area contributed by atoms with Crippen molar-refractivity contribution in [3.8, 4) is 0 Å². The fourth-order valence-electron chi connectivity index (χ4n) is 1.19. The fraction of sp³-hybridized carbons (Fsp3) is 0.400. The van der Waals surface area contributed by atoms with E-state index in [2.05, 4.69) is 0 Å². The Morgan fingerprint density at radius 2 is 2.00 bits per heavy atom. The Balaban J connectivity index is 2.89. The van der Waals surface area contributed by atoms with Crippen molar-refractivity contribution in [2.24, 2.45) is 5.92 Å². The third-order valence-corrected chi connectivity index (χ3v) is 1.84. The predicted molar refractivity (Wildman–Crippen MR) is 46.7 cm³/mol. The third-order valence-electron chi connectivity index (χ3n) is 1.84. The Labute approximate surface area is 72.0 Å². The lowest BCUT2D eigenvalue weighted by Crippen LogP contribution is -2.10. The zero-order valence-electron chi connectivity index (χ0n) is 7.33. The second kappa shape index (κ2) is 3.48. The van der Waals surface area contributed by atoms with Gasteiger partial charge in [0.2, 0.25) is 0 Å². The van der Waals surface area contributed by atoms with Crippen LogP contribution in [0.25, 0.3) is 0 Å².